The van der Waals surface area contributed by atoms with Crippen molar-refractivity contribution in [1.82, 2.24) is 9.88 Å². The zero-order chi connectivity index (χ0) is 14.8. The molecule has 1 amide bonds. The van der Waals surface area contributed by atoms with Crippen molar-refractivity contribution in [3.05, 3.63) is 40.2 Å². The van der Waals surface area contributed by atoms with Gasteiger partial charge in [-0.25, -0.2) is 0 Å². The number of pyridine rings is 1. The molecule has 0 radical (unpaired) electrons. The number of aryl methyl sites for hydroxylation is 1. The third kappa shape index (κ3) is 2.99. The number of likely N-dealkylation sites (tertiary alicyclic amines) is 1. The molecule has 0 spiro atoms. The highest BCUT2D eigenvalue weighted by atomic mass is 32.1. The third-order valence-corrected chi connectivity index (χ3v) is 4.50. The minimum absolute atomic E-state index is 0.0318. The predicted molar refractivity (Wildman–Crippen MR) is 83.4 cm³/mol. The SMILES string of the molecule is Cc1nc(-c2ccsc2)ccc1C(=O)N1CCCC(O)C1. The Balaban J connectivity index is 1.84. The van der Waals surface area contributed by atoms with Crippen LogP contribution in [0.5, 0.6) is 0 Å². The van der Waals surface area contributed by atoms with Crippen LogP contribution in [0.15, 0.2) is 29.0 Å². The monoisotopic (exact) mass is 302 g/mol. The summed E-state index contributed by atoms with van der Waals surface area (Å²) < 4.78 is 0. The summed E-state index contributed by atoms with van der Waals surface area (Å²) in [5, 5.41) is 13.8. The van der Waals surface area contributed by atoms with E-state index in [2.05, 4.69) is 4.98 Å². The number of aliphatic hydroxyl groups excluding tert-OH is 1. The van der Waals surface area contributed by atoms with E-state index >= 15 is 0 Å². The van der Waals surface area contributed by atoms with Crippen molar-refractivity contribution >= 4 is 17.2 Å². The molecule has 1 saturated heterocycles. The van der Waals surface area contributed by atoms with Crippen molar-refractivity contribution in [2.24, 2.45) is 0 Å². The van der Waals surface area contributed by atoms with E-state index in [1.807, 2.05) is 35.9 Å². The normalized spacial score (nSPS) is 18.8. The van der Waals surface area contributed by atoms with Gasteiger partial charge in [-0.1, -0.05) is 0 Å². The van der Waals surface area contributed by atoms with Gasteiger partial charge in [-0.3, -0.25) is 9.78 Å². The number of carbonyl (C=O) groups excluding carboxylic acids is 1. The number of thiophene rings is 1. The Morgan fingerprint density at radius 1 is 1.43 bits per heavy atom. The van der Waals surface area contributed by atoms with Crippen LogP contribution in [0.2, 0.25) is 0 Å². The Morgan fingerprint density at radius 3 is 2.95 bits per heavy atom. The van der Waals surface area contributed by atoms with Crippen LogP contribution in [-0.2, 0) is 0 Å². The minimum Gasteiger partial charge on any atom is -0.391 e. The summed E-state index contributed by atoms with van der Waals surface area (Å²) in [7, 11) is 0. The van der Waals surface area contributed by atoms with Crippen LogP contribution in [0.3, 0.4) is 0 Å². The van der Waals surface area contributed by atoms with Crippen molar-refractivity contribution < 1.29 is 9.90 Å². The quantitative estimate of drug-likeness (QED) is 0.928. The van der Waals surface area contributed by atoms with Gasteiger partial charge >= 0.3 is 0 Å². The molecule has 1 aliphatic heterocycles. The number of amides is 1. The van der Waals surface area contributed by atoms with Crippen LogP contribution in [0.4, 0.5) is 0 Å². The van der Waals surface area contributed by atoms with Gasteiger partial charge < -0.3 is 10.0 Å². The molecule has 2 aromatic heterocycles. The van der Waals surface area contributed by atoms with E-state index in [0.717, 1.165) is 29.8 Å². The first kappa shape index (κ1) is 14.2. The van der Waals surface area contributed by atoms with Crippen molar-refractivity contribution in [2.45, 2.75) is 25.9 Å². The Labute approximate surface area is 128 Å². The van der Waals surface area contributed by atoms with E-state index in [1.54, 1.807) is 16.2 Å². The van der Waals surface area contributed by atoms with E-state index in [4.69, 9.17) is 0 Å². The molecule has 0 bridgehead atoms. The van der Waals surface area contributed by atoms with E-state index in [0.29, 0.717) is 18.7 Å². The summed E-state index contributed by atoms with van der Waals surface area (Å²) in [6.07, 6.45) is 1.23. The number of piperidine rings is 1. The van der Waals surface area contributed by atoms with Crippen molar-refractivity contribution in [2.75, 3.05) is 13.1 Å². The number of rotatable bonds is 2. The fourth-order valence-electron chi connectivity index (χ4n) is 2.67. The minimum atomic E-state index is -0.402. The largest absolute Gasteiger partial charge is 0.391 e. The molecule has 5 heteroatoms. The van der Waals surface area contributed by atoms with Gasteiger partial charge in [-0.15, -0.1) is 0 Å². The number of aliphatic hydroxyl groups is 1. The lowest BCUT2D eigenvalue weighted by Gasteiger charge is -2.30. The van der Waals surface area contributed by atoms with Crippen LogP contribution < -0.4 is 0 Å². The van der Waals surface area contributed by atoms with Crippen LogP contribution in [0, 0.1) is 6.92 Å². The van der Waals surface area contributed by atoms with E-state index < -0.39 is 6.10 Å². The van der Waals surface area contributed by atoms with Crippen LogP contribution in [0.1, 0.15) is 28.9 Å². The maximum Gasteiger partial charge on any atom is 0.255 e. The molecule has 1 atom stereocenters. The summed E-state index contributed by atoms with van der Waals surface area (Å²) >= 11 is 1.63. The van der Waals surface area contributed by atoms with Crippen molar-refractivity contribution in [3.8, 4) is 11.3 Å². The Kier molecular flexibility index (Phi) is 4.03. The molecular weight excluding hydrogens is 284 g/mol. The first-order valence-corrected chi connectivity index (χ1v) is 8.07. The summed E-state index contributed by atoms with van der Waals surface area (Å²) in [5.41, 5.74) is 3.34. The maximum atomic E-state index is 12.5. The predicted octanol–water partition coefficient (Wildman–Crippen LogP) is 2.72. The molecule has 1 N–H and O–H groups in total. The molecule has 1 fully saturated rings. The van der Waals surface area contributed by atoms with Gasteiger partial charge in [0.25, 0.3) is 5.91 Å². The number of nitrogens with zero attached hydrogens (tertiary/aromatic N) is 2. The molecule has 3 rings (SSSR count). The van der Waals surface area contributed by atoms with E-state index in [9.17, 15) is 9.90 Å². The lowest BCUT2D eigenvalue weighted by Crippen LogP contribution is -2.42. The fraction of sp³-hybridized carbons (Fsp3) is 0.375. The van der Waals surface area contributed by atoms with Gasteiger partial charge in [-0.05, 0) is 43.3 Å². The molecule has 110 valence electrons. The number of carbonyl (C=O) groups is 1. The van der Waals surface area contributed by atoms with Gasteiger partial charge in [0.2, 0.25) is 0 Å². The first-order chi connectivity index (χ1) is 10.1. The smallest absolute Gasteiger partial charge is 0.255 e. The van der Waals surface area contributed by atoms with E-state index in [-0.39, 0.29) is 5.91 Å². The second kappa shape index (κ2) is 5.95. The highest BCUT2D eigenvalue weighted by molar-refractivity contribution is 7.08. The van der Waals surface area contributed by atoms with E-state index in [1.165, 1.54) is 0 Å². The lowest BCUT2D eigenvalue weighted by atomic mass is 10.1. The molecule has 21 heavy (non-hydrogen) atoms. The van der Waals surface area contributed by atoms with Crippen molar-refractivity contribution in [3.63, 3.8) is 0 Å². The Hall–Kier alpha value is -1.72. The zero-order valence-electron chi connectivity index (χ0n) is 12.0. The number of hydrogen-bond acceptors (Lipinski definition) is 4. The molecule has 4 nitrogen and oxygen atoms in total. The maximum absolute atomic E-state index is 12.5. The molecule has 3 heterocycles. The molecule has 0 saturated carbocycles. The fourth-order valence-corrected chi connectivity index (χ4v) is 3.32. The van der Waals surface area contributed by atoms with Gasteiger partial charge in [-0.2, -0.15) is 11.3 Å². The highest BCUT2D eigenvalue weighted by Gasteiger charge is 2.24. The van der Waals surface area contributed by atoms with Crippen LogP contribution in [-0.4, -0.2) is 40.1 Å². The zero-order valence-corrected chi connectivity index (χ0v) is 12.8. The highest BCUT2D eigenvalue weighted by Crippen LogP contribution is 2.22. The molecule has 0 aliphatic carbocycles. The molecule has 1 unspecified atom stereocenters. The lowest BCUT2D eigenvalue weighted by molar-refractivity contribution is 0.0472. The Morgan fingerprint density at radius 2 is 2.29 bits per heavy atom. The standard InChI is InChI=1S/C16H18N2O2S/c1-11-14(16(20)18-7-2-3-13(19)9-18)4-5-15(17-11)12-6-8-21-10-12/h4-6,8,10,13,19H,2-3,7,9H2,1H3. The summed E-state index contributed by atoms with van der Waals surface area (Å²) in [6.45, 7) is 3.00. The van der Waals surface area contributed by atoms with Gasteiger partial charge in [0.15, 0.2) is 0 Å². The average Bonchev–Trinajstić information content (AvgIpc) is 3.00. The second-order valence-corrected chi connectivity index (χ2v) is 6.17. The summed E-state index contributed by atoms with van der Waals surface area (Å²) in [6, 6.07) is 5.76. The molecular formula is C16H18N2O2S. The van der Waals surface area contributed by atoms with Gasteiger partial charge in [0.1, 0.15) is 0 Å². The van der Waals surface area contributed by atoms with Gasteiger partial charge in [0.05, 0.1) is 23.1 Å². The average molecular weight is 302 g/mol. The second-order valence-electron chi connectivity index (χ2n) is 5.39. The molecule has 1 aliphatic rings. The Bertz CT molecular complexity index is 640. The topological polar surface area (TPSA) is 53.4 Å². The number of β-amino-alcohol motifs (C(OH)–C–C–N with tert-alkyl or cyclic N) is 1. The number of aromatic nitrogens is 1. The van der Waals surface area contributed by atoms with Crippen LogP contribution >= 0.6 is 11.3 Å². The van der Waals surface area contributed by atoms with Crippen LogP contribution in [0.25, 0.3) is 11.3 Å². The van der Waals surface area contributed by atoms with Crippen molar-refractivity contribution in [1.29, 1.82) is 0 Å². The summed E-state index contributed by atoms with van der Waals surface area (Å²) in [5.74, 6) is -0.0318. The first-order valence-electron chi connectivity index (χ1n) is 7.12. The third-order valence-electron chi connectivity index (χ3n) is 3.82. The van der Waals surface area contributed by atoms with Gasteiger partial charge in [0, 0.05) is 24.0 Å². The number of hydrogen-bond donors (Lipinski definition) is 1. The molecule has 0 aromatic carbocycles. The summed E-state index contributed by atoms with van der Waals surface area (Å²) in [4.78, 5) is 18.8. The molecule has 2 aromatic rings.